The maximum absolute atomic E-state index is 13.5. The van der Waals surface area contributed by atoms with Crippen molar-refractivity contribution >= 4 is 17.5 Å². The highest BCUT2D eigenvalue weighted by Crippen LogP contribution is 2.32. The standard InChI is InChI=1S/C32H31ClN2O/c33-29-18-16-28(17-19-29)32(27-14-8-3-9-15-27)35-22-20-34(21-23-35)31(36)24-30(25-10-4-1-5-11-25)26-12-6-2-7-13-26/h1-19,30,32H,20-24H2/t32-/m1/s1. The van der Waals surface area contributed by atoms with Gasteiger partial charge in [0.2, 0.25) is 5.91 Å². The van der Waals surface area contributed by atoms with Crippen molar-refractivity contribution in [3.63, 3.8) is 0 Å². The average Bonchev–Trinajstić information content (AvgIpc) is 2.95. The number of halogens is 1. The van der Waals surface area contributed by atoms with Gasteiger partial charge in [0.25, 0.3) is 0 Å². The van der Waals surface area contributed by atoms with Crippen molar-refractivity contribution in [3.8, 4) is 0 Å². The number of carbonyl (C=O) groups is 1. The smallest absolute Gasteiger partial charge is 0.223 e. The summed E-state index contributed by atoms with van der Waals surface area (Å²) in [7, 11) is 0. The van der Waals surface area contributed by atoms with E-state index in [1.807, 2.05) is 29.2 Å². The van der Waals surface area contributed by atoms with Gasteiger partial charge in [-0.15, -0.1) is 0 Å². The van der Waals surface area contributed by atoms with Crippen LogP contribution in [0.15, 0.2) is 115 Å². The first-order valence-electron chi connectivity index (χ1n) is 12.6. The molecule has 0 aromatic heterocycles. The predicted octanol–water partition coefficient (Wildman–Crippen LogP) is 6.80. The molecule has 0 aliphatic carbocycles. The van der Waals surface area contributed by atoms with Crippen molar-refractivity contribution in [2.75, 3.05) is 26.2 Å². The van der Waals surface area contributed by atoms with Gasteiger partial charge in [0.05, 0.1) is 6.04 Å². The Balaban J connectivity index is 1.30. The molecule has 0 N–H and O–H groups in total. The molecule has 1 aliphatic heterocycles. The van der Waals surface area contributed by atoms with Crippen LogP contribution >= 0.6 is 11.6 Å². The van der Waals surface area contributed by atoms with Crippen LogP contribution < -0.4 is 0 Å². The van der Waals surface area contributed by atoms with Crippen LogP contribution in [0.2, 0.25) is 5.02 Å². The maximum Gasteiger partial charge on any atom is 0.223 e. The highest BCUT2D eigenvalue weighted by molar-refractivity contribution is 6.30. The largest absolute Gasteiger partial charge is 0.340 e. The van der Waals surface area contributed by atoms with Crippen LogP contribution in [0.4, 0.5) is 0 Å². The van der Waals surface area contributed by atoms with Crippen molar-refractivity contribution < 1.29 is 4.79 Å². The Morgan fingerprint density at radius 1 is 0.611 bits per heavy atom. The van der Waals surface area contributed by atoms with E-state index in [1.54, 1.807) is 0 Å². The summed E-state index contributed by atoms with van der Waals surface area (Å²) in [5, 5.41) is 0.743. The minimum Gasteiger partial charge on any atom is -0.340 e. The highest BCUT2D eigenvalue weighted by atomic mass is 35.5. The molecule has 0 spiro atoms. The van der Waals surface area contributed by atoms with Crippen molar-refractivity contribution in [1.82, 2.24) is 9.80 Å². The molecule has 0 radical (unpaired) electrons. The number of rotatable bonds is 7. The Hall–Kier alpha value is -3.40. The van der Waals surface area contributed by atoms with E-state index in [0.717, 1.165) is 31.2 Å². The fourth-order valence-electron chi connectivity index (χ4n) is 5.23. The van der Waals surface area contributed by atoms with Gasteiger partial charge in [0, 0.05) is 43.5 Å². The predicted molar refractivity (Wildman–Crippen MR) is 147 cm³/mol. The van der Waals surface area contributed by atoms with E-state index in [2.05, 4.69) is 95.9 Å². The summed E-state index contributed by atoms with van der Waals surface area (Å²) in [6.45, 7) is 3.11. The van der Waals surface area contributed by atoms with Gasteiger partial charge in [0.1, 0.15) is 0 Å². The summed E-state index contributed by atoms with van der Waals surface area (Å²) in [6.07, 6.45) is 0.479. The number of hydrogen-bond acceptors (Lipinski definition) is 2. The van der Waals surface area contributed by atoms with Crippen molar-refractivity contribution in [3.05, 3.63) is 143 Å². The Labute approximate surface area is 219 Å². The molecule has 3 nitrogen and oxygen atoms in total. The number of piperazine rings is 1. The van der Waals surface area contributed by atoms with E-state index in [-0.39, 0.29) is 17.9 Å². The van der Waals surface area contributed by atoms with E-state index >= 15 is 0 Å². The van der Waals surface area contributed by atoms with Crippen molar-refractivity contribution in [2.24, 2.45) is 0 Å². The molecule has 4 heteroatoms. The van der Waals surface area contributed by atoms with Gasteiger partial charge in [-0.25, -0.2) is 0 Å². The van der Waals surface area contributed by atoms with Gasteiger partial charge in [-0.3, -0.25) is 9.69 Å². The quantitative estimate of drug-likeness (QED) is 0.282. The fourth-order valence-corrected chi connectivity index (χ4v) is 5.35. The molecule has 1 aliphatic rings. The van der Waals surface area contributed by atoms with Crippen LogP contribution in [0.1, 0.15) is 40.6 Å². The second kappa shape index (κ2) is 11.6. The minimum atomic E-state index is 0.0593. The third kappa shape index (κ3) is 5.70. The molecule has 36 heavy (non-hydrogen) atoms. The molecule has 1 amide bonds. The molecule has 1 heterocycles. The molecule has 0 saturated carbocycles. The van der Waals surface area contributed by atoms with Crippen LogP contribution in [-0.2, 0) is 4.79 Å². The van der Waals surface area contributed by atoms with Gasteiger partial charge < -0.3 is 4.90 Å². The first-order valence-corrected chi connectivity index (χ1v) is 13.0. The summed E-state index contributed by atoms with van der Waals surface area (Å²) < 4.78 is 0. The summed E-state index contributed by atoms with van der Waals surface area (Å²) in [5.74, 6) is 0.277. The van der Waals surface area contributed by atoms with Crippen LogP contribution in [0, 0.1) is 0 Å². The molecule has 4 aromatic rings. The minimum absolute atomic E-state index is 0.0593. The first-order chi connectivity index (χ1) is 17.7. The lowest BCUT2D eigenvalue weighted by atomic mass is 9.88. The summed E-state index contributed by atoms with van der Waals surface area (Å²) >= 11 is 6.17. The normalized spacial score (nSPS) is 15.1. The molecule has 0 bridgehead atoms. The highest BCUT2D eigenvalue weighted by Gasteiger charge is 2.29. The van der Waals surface area contributed by atoms with Gasteiger partial charge in [-0.1, -0.05) is 115 Å². The van der Waals surface area contributed by atoms with Crippen LogP contribution in [0.25, 0.3) is 0 Å². The van der Waals surface area contributed by atoms with Crippen LogP contribution in [0.3, 0.4) is 0 Å². The summed E-state index contributed by atoms with van der Waals surface area (Å²) in [4.78, 5) is 18.0. The average molecular weight is 495 g/mol. The zero-order chi connectivity index (χ0) is 24.7. The molecule has 182 valence electrons. The number of benzene rings is 4. The Kier molecular flexibility index (Phi) is 7.80. The number of amides is 1. The van der Waals surface area contributed by atoms with Gasteiger partial charge in [-0.2, -0.15) is 0 Å². The lowest BCUT2D eigenvalue weighted by Crippen LogP contribution is -2.50. The van der Waals surface area contributed by atoms with Crippen LogP contribution in [-0.4, -0.2) is 41.9 Å². The lowest BCUT2D eigenvalue weighted by molar-refractivity contribution is -0.133. The second-order valence-electron chi connectivity index (χ2n) is 9.36. The maximum atomic E-state index is 13.5. The molecular weight excluding hydrogens is 464 g/mol. The summed E-state index contributed by atoms with van der Waals surface area (Å²) in [5.41, 5.74) is 4.84. The topological polar surface area (TPSA) is 23.6 Å². The zero-order valence-corrected chi connectivity index (χ0v) is 21.1. The van der Waals surface area contributed by atoms with E-state index in [9.17, 15) is 4.79 Å². The van der Waals surface area contributed by atoms with Gasteiger partial charge in [-0.05, 0) is 34.4 Å². The third-order valence-electron chi connectivity index (χ3n) is 7.12. The number of carbonyl (C=O) groups excluding carboxylic acids is 1. The molecule has 1 fully saturated rings. The SMILES string of the molecule is O=C(CC(c1ccccc1)c1ccccc1)N1CCN([C@H](c2ccccc2)c2ccc(Cl)cc2)CC1. The molecule has 1 saturated heterocycles. The Bertz CT molecular complexity index is 1200. The summed E-state index contributed by atoms with van der Waals surface area (Å²) in [6, 6.07) is 39.6. The van der Waals surface area contributed by atoms with Gasteiger partial charge in [0.15, 0.2) is 0 Å². The van der Waals surface area contributed by atoms with E-state index in [1.165, 1.54) is 22.3 Å². The molecule has 1 atom stereocenters. The van der Waals surface area contributed by atoms with E-state index in [0.29, 0.717) is 6.42 Å². The van der Waals surface area contributed by atoms with E-state index < -0.39 is 0 Å². The Morgan fingerprint density at radius 2 is 1.06 bits per heavy atom. The second-order valence-corrected chi connectivity index (χ2v) is 9.80. The molecule has 4 aromatic carbocycles. The number of hydrogen-bond donors (Lipinski definition) is 0. The van der Waals surface area contributed by atoms with Gasteiger partial charge >= 0.3 is 0 Å². The molecule has 5 rings (SSSR count). The molecular formula is C32H31ClN2O. The van der Waals surface area contributed by atoms with Crippen molar-refractivity contribution in [2.45, 2.75) is 18.4 Å². The van der Waals surface area contributed by atoms with Crippen LogP contribution in [0.5, 0.6) is 0 Å². The zero-order valence-electron chi connectivity index (χ0n) is 20.3. The van der Waals surface area contributed by atoms with E-state index in [4.69, 9.17) is 11.6 Å². The Morgan fingerprint density at radius 3 is 1.56 bits per heavy atom. The first kappa shape index (κ1) is 24.3. The molecule has 0 unspecified atom stereocenters. The third-order valence-corrected chi connectivity index (χ3v) is 7.37. The van der Waals surface area contributed by atoms with Crippen molar-refractivity contribution in [1.29, 1.82) is 0 Å². The lowest BCUT2D eigenvalue weighted by Gasteiger charge is -2.40. The fraction of sp³-hybridized carbons (Fsp3) is 0.219. The monoisotopic (exact) mass is 494 g/mol. The number of nitrogens with zero attached hydrogens (tertiary/aromatic N) is 2.